The van der Waals surface area contributed by atoms with Crippen LogP contribution in [0.1, 0.15) is 18.4 Å². The minimum atomic E-state index is -3.46. The number of carbonyl (C=O) groups is 1. The smallest absolute Gasteiger partial charge is 0.232 e. The molecule has 9 heteroatoms. The highest BCUT2D eigenvalue weighted by Crippen LogP contribution is 2.28. The second-order valence-corrected chi connectivity index (χ2v) is 8.94. The number of nitrogens with one attached hydrogen (secondary N) is 1. The first-order valence-electron chi connectivity index (χ1n) is 9.08. The number of ether oxygens (including phenoxy) is 1. The lowest BCUT2D eigenvalue weighted by Crippen LogP contribution is -2.41. The maximum absolute atomic E-state index is 12.2. The van der Waals surface area contributed by atoms with Crippen LogP contribution < -0.4 is 9.62 Å². The molecule has 1 fully saturated rings. The third-order valence-corrected chi connectivity index (χ3v) is 6.12. The Labute approximate surface area is 166 Å². The van der Waals surface area contributed by atoms with Crippen LogP contribution in [0.5, 0.6) is 0 Å². The van der Waals surface area contributed by atoms with Crippen molar-refractivity contribution in [1.82, 2.24) is 10.2 Å². The first kappa shape index (κ1) is 21.9. The molecule has 0 aliphatic carbocycles. The lowest BCUT2D eigenvalue weighted by molar-refractivity contribution is -0.121. The van der Waals surface area contributed by atoms with Crippen LogP contribution >= 0.6 is 11.6 Å². The van der Waals surface area contributed by atoms with Crippen molar-refractivity contribution in [2.75, 3.05) is 56.5 Å². The number of hydrogen-bond acceptors (Lipinski definition) is 5. The highest BCUT2D eigenvalue weighted by atomic mass is 35.5. The Morgan fingerprint density at radius 3 is 2.70 bits per heavy atom. The van der Waals surface area contributed by atoms with Gasteiger partial charge in [-0.25, -0.2) is 8.42 Å². The molecule has 0 spiro atoms. The van der Waals surface area contributed by atoms with Crippen LogP contribution in [-0.4, -0.2) is 71.4 Å². The molecule has 7 nitrogen and oxygen atoms in total. The Kier molecular flexibility index (Phi) is 8.34. The highest BCUT2D eigenvalue weighted by molar-refractivity contribution is 7.92. The number of amides is 1. The third kappa shape index (κ3) is 6.95. The predicted octanol–water partition coefficient (Wildman–Crippen LogP) is 1.64. The van der Waals surface area contributed by atoms with E-state index < -0.39 is 10.0 Å². The molecular weight excluding hydrogens is 390 g/mol. The molecule has 0 radical (unpaired) electrons. The fourth-order valence-corrected chi connectivity index (χ4v) is 4.17. The van der Waals surface area contributed by atoms with Gasteiger partial charge < -0.3 is 10.1 Å². The largest absolute Gasteiger partial charge is 0.379 e. The number of carbonyl (C=O) groups excluding carboxylic acids is 1. The van der Waals surface area contributed by atoms with Gasteiger partial charge in [0.05, 0.1) is 25.2 Å². The molecule has 0 unspecified atom stereocenters. The van der Waals surface area contributed by atoms with Gasteiger partial charge >= 0.3 is 0 Å². The Hall–Kier alpha value is -1.35. The van der Waals surface area contributed by atoms with E-state index in [2.05, 4.69) is 10.2 Å². The zero-order valence-electron chi connectivity index (χ0n) is 15.9. The van der Waals surface area contributed by atoms with Gasteiger partial charge in [-0.2, -0.15) is 0 Å². The van der Waals surface area contributed by atoms with Crippen molar-refractivity contribution >= 4 is 33.2 Å². The van der Waals surface area contributed by atoms with Crippen LogP contribution in [0, 0.1) is 6.92 Å². The molecule has 1 aliphatic heterocycles. The van der Waals surface area contributed by atoms with Gasteiger partial charge in [0.2, 0.25) is 15.9 Å². The summed E-state index contributed by atoms with van der Waals surface area (Å²) in [5.74, 6) is -0.0699. The number of rotatable bonds is 9. The van der Waals surface area contributed by atoms with Crippen LogP contribution in [0.25, 0.3) is 0 Å². The zero-order valence-corrected chi connectivity index (χ0v) is 17.5. The van der Waals surface area contributed by atoms with Gasteiger partial charge in [-0.05, 0) is 31.0 Å². The first-order valence-corrected chi connectivity index (χ1v) is 11.3. The summed E-state index contributed by atoms with van der Waals surface area (Å²) in [6, 6.07) is 5.18. The van der Waals surface area contributed by atoms with Crippen molar-refractivity contribution < 1.29 is 17.9 Å². The summed E-state index contributed by atoms with van der Waals surface area (Å²) in [6.07, 6.45) is 1.87. The van der Waals surface area contributed by atoms with Crippen molar-refractivity contribution in [1.29, 1.82) is 0 Å². The van der Waals surface area contributed by atoms with Gasteiger partial charge in [-0.1, -0.05) is 17.7 Å². The standard InChI is InChI=1S/C18H28ClN3O4S/c1-15-16(19)5-3-6-17(15)22(27(2,24)25)9-4-7-18(23)20-8-10-21-11-13-26-14-12-21/h3,5-6H,4,7-14H2,1-2H3,(H,20,23). The number of sulfonamides is 1. The van der Waals surface area contributed by atoms with Crippen molar-refractivity contribution in [3.05, 3.63) is 28.8 Å². The quantitative estimate of drug-likeness (QED) is 0.660. The Balaban J connectivity index is 1.81. The molecular formula is C18H28ClN3O4S. The van der Waals surface area contributed by atoms with Gasteiger partial charge in [-0.15, -0.1) is 0 Å². The molecule has 0 atom stereocenters. The number of halogens is 1. The number of benzene rings is 1. The van der Waals surface area contributed by atoms with Crippen LogP contribution in [0.3, 0.4) is 0 Å². The molecule has 1 aliphatic rings. The zero-order chi connectivity index (χ0) is 19.9. The molecule has 0 aromatic heterocycles. The van der Waals surface area contributed by atoms with E-state index in [4.69, 9.17) is 16.3 Å². The van der Waals surface area contributed by atoms with E-state index in [1.54, 1.807) is 25.1 Å². The fraction of sp³-hybridized carbons (Fsp3) is 0.611. The molecule has 152 valence electrons. The molecule has 1 aromatic rings. The Bertz CT molecular complexity index is 736. The average Bonchev–Trinajstić information content (AvgIpc) is 2.61. The Morgan fingerprint density at radius 2 is 2.04 bits per heavy atom. The van der Waals surface area contributed by atoms with E-state index in [0.29, 0.717) is 29.2 Å². The summed E-state index contributed by atoms with van der Waals surface area (Å²) in [6.45, 7) is 6.64. The number of morpholine rings is 1. The summed E-state index contributed by atoms with van der Waals surface area (Å²) in [7, 11) is -3.46. The molecule has 0 bridgehead atoms. The highest BCUT2D eigenvalue weighted by Gasteiger charge is 2.20. The van der Waals surface area contributed by atoms with E-state index in [9.17, 15) is 13.2 Å². The molecule has 1 heterocycles. The maximum Gasteiger partial charge on any atom is 0.232 e. The van der Waals surface area contributed by atoms with Crippen LogP contribution in [0.2, 0.25) is 5.02 Å². The predicted molar refractivity (Wildman–Crippen MR) is 108 cm³/mol. The van der Waals surface area contributed by atoms with Crippen molar-refractivity contribution in [3.8, 4) is 0 Å². The van der Waals surface area contributed by atoms with Gasteiger partial charge in [0, 0.05) is 44.2 Å². The van der Waals surface area contributed by atoms with E-state index in [1.807, 2.05) is 0 Å². The Morgan fingerprint density at radius 1 is 1.33 bits per heavy atom. The van der Waals surface area contributed by atoms with Gasteiger partial charge in [0.1, 0.15) is 0 Å². The maximum atomic E-state index is 12.2. The number of anilines is 1. The van der Waals surface area contributed by atoms with E-state index in [1.165, 1.54) is 4.31 Å². The minimum absolute atomic E-state index is 0.0699. The molecule has 1 amide bonds. The topological polar surface area (TPSA) is 79.0 Å². The summed E-state index contributed by atoms with van der Waals surface area (Å²) in [5, 5.41) is 3.41. The summed E-state index contributed by atoms with van der Waals surface area (Å²) < 4.78 is 31.0. The van der Waals surface area contributed by atoms with Gasteiger partial charge in [-0.3, -0.25) is 14.0 Å². The van der Waals surface area contributed by atoms with Crippen molar-refractivity contribution in [2.45, 2.75) is 19.8 Å². The number of nitrogens with zero attached hydrogens (tertiary/aromatic N) is 2. The fourth-order valence-electron chi connectivity index (χ4n) is 2.98. The number of hydrogen-bond donors (Lipinski definition) is 1. The van der Waals surface area contributed by atoms with E-state index in [0.717, 1.165) is 39.1 Å². The lowest BCUT2D eigenvalue weighted by Gasteiger charge is -2.26. The van der Waals surface area contributed by atoms with Crippen LogP contribution in [0.4, 0.5) is 5.69 Å². The lowest BCUT2D eigenvalue weighted by atomic mass is 10.2. The third-order valence-electron chi connectivity index (χ3n) is 4.53. The SMILES string of the molecule is Cc1c(Cl)cccc1N(CCCC(=O)NCCN1CCOCC1)S(C)(=O)=O. The summed E-state index contributed by atoms with van der Waals surface area (Å²) in [5.41, 5.74) is 1.26. The van der Waals surface area contributed by atoms with E-state index >= 15 is 0 Å². The molecule has 2 rings (SSSR count). The minimum Gasteiger partial charge on any atom is -0.379 e. The van der Waals surface area contributed by atoms with Crippen molar-refractivity contribution in [3.63, 3.8) is 0 Å². The van der Waals surface area contributed by atoms with Crippen molar-refractivity contribution in [2.24, 2.45) is 0 Å². The second kappa shape index (κ2) is 10.3. The molecule has 1 saturated heterocycles. The summed E-state index contributed by atoms with van der Waals surface area (Å²) >= 11 is 6.12. The molecule has 1 N–H and O–H groups in total. The normalized spacial score (nSPS) is 15.5. The second-order valence-electron chi connectivity index (χ2n) is 6.63. The van der Waals surface area contributed by atoms with E-state index in [-0.39, 0.29) is 18.9 Å². The molecule has 0 saturated carbocycles. The van der Waals surface area contributed by atoms with Gasteiger partial charge in [0.25, 0.3) is 0 Å². The van der Waals surface area contributed by atoms with Gasteiger partial charge in [0.15, 0.2) is 0 Å². The average molecular weight is 418 g/mol. The monoisotopic (exact) mass is 417 g/mol. The molecule has 27 heavy (non-hydrogen) atoms. The van der Waals surface area contributed by atoms with Crippen LogP contribution in [0.15, 0.2) is 18.2 Å². The summed E-state index contributed by atoms with van der Waals surface area (Å²) in [4.78, 5) is 14.3. The first-order chi connectivity index (χ1) is 12.8. The van der Waals surface area contributed by atoms with Crippen LogP contribution in [-0.2, 0) is 19.6 Å². The molecule has 1 aromatic carbocycles.